The maximum atomic E-state index is 11.5. The minimum Gasteiger partial charge on any atom is -0.264 e. The fourth-order valence-electron chi connectivity index (χ4n) is 0.946. The zero-order chi connectivity index (χ0) is 12.2. The standard InChI is InChI=1S/C8H9O6S2/c9-15(10,7-6-14-16(11,12)13)8-4-2-1-3-5-8/h2-5H,6-7H2,(H,11,12,13). The Hall–Kier alpha value is -0.960. The summed E-state index contributed by atoms with van der Waals surface area (Å²) in [6.07, 6.45) is 0. The highest BCUT2D eigenvalue weighted by Gasteiger charge is 2.15. The Kier molecular flexibility index (Phi) is 4.03. The summed E-state index contributed by atoms with van der Waals surface area (Å²) in [5.41, 5.74) is 0. The van der Waals surface area contributed by atoms with E-state index in [0.29, 0.717) is 0 Å². The molecule has 6 nitrogen and oxygen atoms in total. The topological polar surface area (TPSA) is 97.7 Å². The lowest BCUT2D eigenvalue weighted by Crippen LogP contribution is -2.15. The van der Waals surface area contributed by atoms with Crippen molar-refractivity contribution >= 4 is 20.2 Å². The molecule has 0 atom stereocenters. The lowest BCUT2D eigenvalue weighted by molar-refractivity contribution is 0.284. The van der Waals surface area contributed by atoms with Crippen molar-refractivity contribution in [3.05, 3.63) is 30.3 Å². The summed E-state index contributed by atoms with van der Waals surface area (Å²) in [6.45, 7) is -0.625. The molecule has 0 aromatic heterocycles. The van der Waals surface area contributed by atoms with Gasteiger partial charge in [-0.2, -0.15) is 8.42 Å². The van der Waals surface area contributed by atoms with Gasteiger partial charge in [0.1, 0.15) is 0 Å². The lowest BCUT2D eigenvalue weighted by atomic mass is 10.4. The first-order valence-corrected chi connectivity index (χ1v) is 7.14. The van der Waals surface area contributed by atoms with E-state index >= 15 is 0 Å². The molecule has 0 saturated heterocycles. The van der Waals surface area contributed by atoms with Crippen LogP contribution in [0.15, 0.2) is 29.2 Å². The molecule has 89 valence electrons. The molecule has 1 radical (unpaired) electrons. The molecule has 8 heteroatoms. The third-order valence-corrected chi connectivity index (χ3v) is 3.79. The summed E-state index contributed by atoms with van der Waals surface area (Å²) < 4.78 is 55.6. The van der Waals surface area contributed by atoms with Crippen molar-refractivity contribution in [3.63, 3.8) is 0 Å². The number of sulfone groups is 1. The predicted molar refractivity (Wildman–Crippen MR) is 54.8 cm³/mol. The van der Waals surface area contributed by atoms with E-state index in [0.717, 1.165) is 0 Å². The lowest BCUT2D eigenvalue weighted by Gasteiger charge is -2.03. The largest absolute Gasteiger partial charge is 0.397 e. The van der Waals surface area contributed by atoms with Crippen LogP contribution in [0.5, 0.6) is 0 Å². The number of rotatable bonds is 5. The van der Waals surface area contributed by atoms with Crippen molar-refractivity contribution in [2.45, 2.75) is 4.90 Å². The van der Waals surface area contributed by atoms with E-state index in [1.807, 2.05) is 0 Å². The molecule has 0 aliphatic carbocycles. The van der Waals surface area contributed by atoms with Crippen LogP contribution >= 0.6 is 0 Å². The van der Waals surface area contributed by atoms with Crippen molar-refractivity contribution in [1.82, 2.24) is 0 Å². The second-order valence-corrected chi connectivity index (χ2v) is 6.00. The Morgan fingerprint density at radius 3 is 2.25 bits per heavy atom. The first-order valence-electron chi connectivity index (χ1n) is 4.12. The van der Waals surface area contributed by atoms with Gasteiger partial charge in [-0.1, -0.05) is 12.1 Å². The van der Waals surface area contributed by atoms with Gasteiger partial charge in [0.15, 0.2) is 9.84 Å². The maximum absolute atomic E-state index is 11.5. The monoisotopic (exact) mass is 265 g/mol. The van der Waals surface area contributed by atoms with E-state index in [2.05, 4.69) is 10.2 Å². The van der Waals surface area contributed by atoms with E-state index < -0.39 is 32.6 Å². The summed E-state index contributed by atoms with van der Waals surface area (Å²) in [7, 11) is -8.20. The van der Waals surface area contributed by atoms with Gasteiger partial charge in [0.2, 0.25) is 0 Å². The molecule has 0 fully saturated rings. The molecule has 0 saturated carbocycles. The van der Waals surface area contributed by atoms with Gasteiger partial charge in [0.05, 0.1) is 17.3 Å². The summed E-state index contributed by atoms with van der Waals surface area (Å²) >= 11 is 0. The van der Waals surface area contributed by atoms with Crippen LogP contribution in [0.4, 0.5) is 0 Å². The number of hydrogen-bond acceptors (Lipinski definition) is 5. The van der Waals surface area contributed by atoms with Crippen molar-refractivity contribution < 1.29 is 25.6 Å². The molecule has 1 aromatic rings. The van der Waals surface area contributed by atoms with Crippen LogP contribution in [-0.2, 0) is 24.4 Å². The van der Waals surface area contributed by atoms with Gasteiger partial charge in [-0.05, 0) is 18.2 Å². The van der Waals surface area contributed by atoms with Crippen LogP contribution in [0.1, 0.15) is 0 Å². The molecule has 0 spiro atoms. The molecule has 16 heavy (non-hydrogen) atoms. The molecule has 0 aliphatic rings. The fraction of sp³-hybridized carbons (Fsp3) is 0.250. The minimum absolute atomic E-state index is 0.0465. The van der Waals surface area contributed by atoms with Crippen LogP contribution in [-0.4, -0.2) is 33.7 Å². The van der Waals surface area contributed by atoms with E-state index in [4.69, 9.17) is 4.55 Å². The third kappa shape index (κ3) is 4.27. The van der Waals surface area contributed by atoms with E-state index in [9.17, 15) is 16.8 Å². The van der Waals surface area contributed by atoms with Gasteiger partial charge in [-0.15, -0.1) is 0 Å². The zero-order valence-electron chi connectivity index (χ0n) is 8.03. The van der Waals surface area contributed by atoms with E-state index in [-0.39, 0.29) is 4.90 Å². The molecule has 1 rings (SSSR count). The summed E-state index contributed by atoms with van der Waals surface area (Å²) in [5, 5.41) is 0. The predicted octanol–water partition coefficient (Wildman–Crippen LogP) is 0.0799. The second-order valence-electron chi connectivity index (χ2n) is 2.80. The Balaban J connectivity index is 2.68. The van der Waals surface area contributed by atoms with Gasteiger partial charge in [0.25, 0.3) is 0 Å². The Morgan fingerprint density at radius 1 is 1.19 bits per heavy atom. The molecular weight excluding hydrogens is 256 g/mol. The summed E-state index contributed by atoms with van der Waals surface area (Å²) in [6, 6.07) is 8.18. The normalized spacial score (nSPS) is 12.6. The van der Waals surface area contributed by atoms with Gasteiger partial charge in [0, 0.05) is 0 Å². The Morgan fingerprint density at radius 2 is 1.75 bits per heavy atom. The molecule has 0 heterocycles. The first-order chi connectivity index (χ1) is 7.31. The number of hydrogen-bond donors (Lipinski definition) is 1. The van der Waals surface area contributed by atoms with Crippen LogP contribution in [0.2, 0.25) is 0 Å². The van der Waals surface area contributed by atoms with Crippen molar-refractivity contribution in [3.8, 4) is 0 Å². The third-order valence-electron chi connectivity index (χ3n) is 1.63. The fourth-order valence-corrected chi connectivity index (χ4v) is 2.43. The molecular formula is C8H9O6S2. The SMILES string of the molecule is O=S(=O)(O)OCCS(=O)(=O)c1cc[c]cc1. The average Bonchev–Trinajstić information content (AvgIpc) is 2.17. The molecule has 1 N–H and O–H groups in total. The highest BCUT2D eigenvalue weighted by molar-refractivity contribution is 7.91. The van der Waals surface area contributed by atoms with E-state index in [1.54, 1.807) is 0 Å². The molecule has 0 aliphatic heterocycles. The molecule has 0 amide bonds. The van der Waals surface area contributed by atoms with Crippen LogP contribution in [0.25, 0.3) is 0 Å². The van der Waals surface area contributed by atoms with E-state index in [1.165, 1.54) is 24.3 Å². The van der Waals surface area contributed by atoms with Crippen molar-refractivity contribution in [2.24, 2.45) is 0 Å². The van der Waals surface area contributed by atoms with Crippen LogP contribution in [0.3, 0.4) is 0 Å². The Labute approximate surface area is 93.7 Å². The van der Waals surface area contributed by atoms with Gasteiger partial charge in [-0.3, -0.25) is 4.55 Å². The molecule has 0 bridgehead atoms. The van der Waals surface area contributed by atoms with Crippen LogP contribution < -0.4 is 0 Å². The Bertz CT molecular complexity index is 531. The van der Waals surface area contributed by atoms with Crippen molar-refractivity contribution in [1.29, 1.82) is 0 Å². The average molecular weight is 265 g/mol. The minimum atomic E-state index is -4.60. The van der Waals surface area contributed by atoms with Gasteiger partial charge < -0.3 is 0 Å². The summed E-state index contributed by atoms with van der Waals surface area (Å²) in [5.74, 6) is -0.531. The first kappa shape index (κ1) is 13.1. The van der Waals surface area contributed by atoms with Crippen molar-refractivity contribution in [2.75, 3.05) is 12.4 Å². The van der Waals surface area contributed by atoms with Gasteiger partial charge >= 0.3 is 10.4 Å². The number of benzene rings is 1. The highest BCUT2D eigenvalue weighted by atomic mass is 32.3. The zero-order valence-corrected chi connectivity index (χ0v) is 9.66. The molecule has 1 aromatic carbocycles. The smallest absolute Gasteiger partial charge is 0.264 e. The molecule has 0 unspecified atom stereocenters. The quantitative estimate of drug-likeness (QED) is 0.757. The maximum Gasteiger partial charge on any atom is 0.397 e. The van der Waals surface area contributed by atoms with Gasteiger partial charge in [-0.25, -0.2) is 12.6 Å². The summed E-state index contributed by atoms with van der Waals surface area (Å²) in [4.78, 5) is 0.0465. The highest BCUT2D eigenvalue weighted by Crippen LogP contribution is 2.09. The second kappa shape index (κ2) is 4.91. The van der Waals surface area contributed by atoms with Crippen LogP contribution in [0, 0.1) is 6.07 Å².